The van der Waals surface area contributed by atoms with E-state index in [-0.39, 0.29) is 29.7 Å². The Bertz CT molecular complexity index is 1680. The summed E-state index contributed by atoms with van der Waals surface area (Å²) in [6.45, 7) is 5.47. The number of likely N-dealkylation sites (N-methyl/N-ethyl adjacent to an activating group) is 1. The number of rotatable bonds is 12. The lowest BCUT2D eigenvalue weighted by molar-refractivity contribution is -0.139. The predicted molar refractivity (Wildman–Crippen MR) is 176 cm³/mol. The number of sulfonamides is 1. The lowest BCUT2D eigenvalue weighted by atomic mass is 10.0. The van der Waals surface area contributed by atoms with Gasteiger partial charge >= 0.3 is 0 Å². The predicted octanol–water partition coefficient (Wildman–Crippen LogP) is 6.35. The third kappa shape index (κ3) is 7.87. The topological polar surface area (TPSA) is 86.8 Å². The Balaban J connectivity index is 1.80. The fraction of sp³-hybridized carbons (Fsp3) is 0.257. The van der Waals surface area contributed by atoms with Crippen molar-refractivity contribution in [3.05, 3.63) is 130 Å². The summed E-state index contributed by atoms with van der Waals surface area (Å²) in [6.07, 6.45) is 0.227. The number of nitrogens with zero attached hydrogens (tertiary/aromatic N) is 2. The van der Waals surface area contributed by atoms with Gasteiger partial charge in [-0.15, -0.1) is 0 Å². The molecule has 4 aromatic rings. The molecule has 0 saturated heterocycles. The summed E-state index contributed by atoms with van der Waals surface area (Å²) >= 11 is 6.51. The van der Waals surface area contributed by atoms with Gasteiger partial charge in [-0.1, -0.05) is 104 Å². The number of amides is 2. The average Bonchev–Trinajstić information content (AvgIpc) is 3.02. The molecule has 2 amide bonds. The van der Waals surface area contributed by atoms with Crippen molar-refractivity contribution in [2.75, 3.05) is 17.9 Å². The van der Waals surface area contributed by atoms with E-state index >= 15 is 0 Å². The van der Waals surface area contributed by atoms with Crippen LogP contribution in [0.15, 0.2) is 108 Å². The number of carbonyl (C=O) groups is 2. The van der Waals surface area contributed by atoms with E-state index in [9.17, 15) is 18.0 Å². The normalized spacial score (nSPS) is 12.0. The minimum Gasteiger partial charge on any atom is -0.357 e. The average molecular weight is 632 g/mol. The molecule has 0 aliphatic rings. The summed E-state index contributed by atoms with van der Waals surface area (Å²) in [7, 11) is -2.65. The van der Waals surface area contributed by atoms with Crippen LogP contribution in [0, 0.1) is 6.92 Å². The van der Waals surface area contributed by atoms with Gasteiger partial charge in [-0.3, -0.25) is 13.9 Å². The smallest absolute Gasteiger partial charge is 0.264 e. The van der Waals surface area contributed by atoms with Gasteiger partial charge in [0.1, 0.15) is 12.6 Å². The van der Waals surface area contributed by atoms with Gasteiger partial charge < -0.3 is 10.2 Å². The van der Waals surface area contributed by atoms with Gasteiger partial charge in [-0.05, 0) is 59.9 Å². The largest absolute Gasteiger partial charge is 0.357 e. The van der Waals surface area contributed by atoms with Gasteiger partial charge in [-0.2, -0.15) is 0 Å². The fourth-order valence-corrected chi connectivity index (χ4v) is 6.53. The standard InChI is InChI=1S/C35H38ClN3O4S/c1-25(2)28-16-18-30(19-17-28)39(44(42,43)31-20-14-26(3)15-21-31)24-34(40)38(23-29-12-8-9-13-32(29)36)33(35(41)37-4)22-27-10-6-5-7-11-27/h5-21,25,33H,22-24H2,1-4H3,(H,37,41). The molecule has 0 aliphatic carbocycles. The monoisotopic (exact) mass is 631 g/mol. The van der Waals surface area contributed by atoms with Crippen molar-refractivity contribution in [3.63, 3.8) is 0 Å². The van der Waals surface area contributed by atoms with Crippen LogP contribution in [-0.2, 0) is 32.6 Å². The quantitative estimate of drug-likeness (QED) is 0.197. The highest BCUT2D eigenvalue weighted by atomic mass is 35.5. The van der Waals surface area contributed by atoms with E-state index in [2.05, 4.69) is 19.2 Å². The Hall–Kier alpha value is -4.14. The minimum absolute atomic E-state index is 0.00807. The van der Waals surface area contributed by atoms with Crippen molar-refractivity contribution in [2.24, 2.45) is 0 Å². The number of aryl methyl sites for hydroxylation is 1. The molecule has 0 aromatic heterocycles. The molecule has 0 aliphatic heterocycles. The lowest BCUT2D eigenvalue weighted by Crippen LogP contribution is -2.53. The summed E-state index contributed by atoms with van der Waals surface area (Å²) in [5, 5.41) is 3.13. The zero-order valence-electron chi connectivity index (χ0n) is 25.4. The summed E-state index contributed by atoms with van der Waals surface area (Å²) in [6, 6.07) is 29.2. The molecule has 0 saturated carbocycles. The maximum atomic E-state index is 14.4. The molecule has 1 N–H and O–H groups in total. The fourth-order valence-electron chi connectivity index (χ4n) is 4.92. The van der Waals surface area contributed by atoms with Gasteiger partial charge in [0.15, 0.2) is 0 Å². The van der Waals surface area contributed by atoms with E-state index < -0.39 is 28.5 Å². The highest BCUT2D eigenvalue weighted by Crippen LogP contribution is 2.28. The van der Waals surface area contributed by atoms with Crippen molar-refractivity contribution < 1.29 is 18.0 Å². The van der Waals surface area contributed by atoms with E-state index in [0.29, 0.717) is 16.3 Å². The van der Waals surface area contributed by atoms with E-state index in [1.807, 2.05) is 49.4 Å². The molecule has 230 valence electrons. The zero-order chi connectivity index (χ0) is 31.9. The van der Waals surface area contributed by atoms with Crippen molar-refractivity contribution >= 4 is 39.1 Å². The summed E-state index contributed by atoms with van der Waals surface area (Å²) < 4.78 is 29.4. The Kier molecular flexibility index (Phi) is 10.8. The molecule has 7 nitrogen and oxygen atoms in total. The first-order chi connectivity index (χ1) is 21.0. The van der Waals surface area contributed by atoms with Gasteiger partial charge in [0.05, 0.1) is 10.6 Å². The van der Waals surface area contributed by atoms with Crippen molar-refractivity contribution in [2.45, 2.75) is 50.6 Å². The first kappa shape index (κ1) is 32.8. The van der Waals surface area contributed by atoms with Crippen LogP contribution < -0.4 is 9.62 Å². The third-order valence-electron chi connectivity index (χ3n) is 7.55. The van der Waals surface area contributed by atoms with Crippen LogP contribution >= 0.6 is 11.6 Å². The van der Waals surface area contributed by atoms with E-state index in [0.717, 1.165) is 21.0 Å². The summed E-state index contributed by atoms with van der Waals surface area (Å²) in [5.74, 6) is -0.674. The van der Waals surface area contributed by atoms with E-state index in [1.165, 1.54) is 24.1 Å². The third-order valence-corrected chi connectivity index (χ3v) is 9.71. The minimum atomic E-state index is -4.16. The summed E-state index contributed by atoms with van der Waals surface area (Å²) in [4.78, 5) is 29.3. The van der Waals surface area contributed by atoms with Crippen molar-refractivity contribution in [3.8, 4) is 0 Å². The molecule has 1 unspecified atom stereocenters. The summed E-state index contributed by atoms with van der Waals surface area (Å²) in [5.41, 5.74) is 3.79. The van der Waals surface area contributed by atoms with Crippen LogP contribution in [0.5, 0.6) is 0 Å². The van der Waals surface area contributed by atoms with Crippen LogP contribution in [0.3, 0.4) is 0 Å². The van der Waals surface area contributed by atoms with Crippen LogP contribution in [0.2, 0.25) is 5.02 Å². The Labute approximate surface area is 265 Å². The number of nitrogens with one attached hydrogen (secondary N) is 1. The maximum absolute atomic E-state index is 14.4. The van der Waals surface area contributed by atoms with Crippen LogP contribution in [0.25, 0.3) is 0 Å². The number of halogens is 1. The SMILES string of the molecule is CNC(=O)C(Cc1ccccc1)N(Cc1ccccc1Cl)C(=O)CN(c1ccc(C(C)C)cc1)S(=O)(=O)c1ccc(C)cc1. The molecule has 0 heterocycles. The first-order valence-corrected chi connectivity index (χ1v) is 16.3. The first-order valence-electron chi connectivity index (χ1n) is 14.5. The maximum Gasteiger partial charge on any atom is 0.264 e. The Morgan fingerprint density at radius 1 is 0.841 bits per heavy atom. The van der Waals surface area contributed by atoms with E-state index in [4.69, 9.17) is 11.6 Å². The molecular formula is C35H38ClN3O4S. The lowest BCUT2D eigenvalue weighted by Gasteiger charge is -2.33. The number of hydrogen-bond donors (Lipinski definition) is 1. The van der Waals surface area contributed by atoms with Crippen molar-refractivity contribution in [1.29, 1.82) is 0 Å². The second-order valence-corrected chi connectivity index (χ2v) is 13.3. The molecule has 44 heavy (non-hydrogen) atoms. The number of benzene rings is 4. The molecule has 9 heteroatoms. The molecule has 0 spiro atoms. The van der Waals surface area contributed by atoms with Crippen LogP contribution in [-0.4, -0.2) is 44.8 Å². The van der Waals surface area contributed by atoms with Crippen molar-refractivity contribution in [1.82, 2.24) is 10.2 Å². The Morgan fingerprint density at radius 2 is 1.45 bits per heavy atom. The van der Waals surface area contributed by atoms with Crippen LogP contribution in [0.4, 0.5) is 5.69 Å². The van der Waals surface area contributed by atoms with Gasteiger partial charge in [0.2, 0.25) is 11.8 Å². The zero-order valence-corrected chi connectivity index (χ0v) is 27.0. The molecule has 0 fully saturated rings. The molecule has 4 rings (SSSR count). The number of anilines is 1. The van der Waals surface area contributed by atoms with Gasteiger partial charge in [-0.25, -0.2) is 8.42 Å². The number of hydrogen-bond acceptors (Lipinski definition) is 4. The number of carbonyl (C=O) groups excluding carboxylic acids is 2. The molecule has 4 aromatic carbocycles. The molecular weight excluding hydrogens is 594 g/mol. The van der Waals surface area contributed by atoms with E-state index in [1.54, 1.807) is 48.5 Å². The second-order valence-electron chi connectivity index (χ2n) is 11.0. The van der Waals surface area contributed by atoms with Gasteiger partial charge in [0, 0.05) is 25.0 Å². The highest BCUT2D eigenvalue weighted by molar-refractivity contribution is 7.92. The molecule has 0 bridgehead atoms. The molecule has 1 atom stereocenters. The Morgan fingerprint density at radius 3 is 2.05 bits per heavy atom. The van der Waals surface area contributed by atoms with Gasteiger partial charge in [0.25, 0.3) is 10.0 Å². The second kappa shape index (κ2) is 14.6. The highest BCUT2D eigenvalue weighted by Gasteiger charge is 2.34. The van der Waals surface area contributed by atoms with Crippen LogP contribution in [0.1, 0.15) is 42.0 Å². The molecule has 0 radical (unpaired) electrons.